The average molecular weight is 248 g/mol. The summed E-state index contributed by atoms with van der Waals surface area (Å²) in [5.74, 6) is 0.181. The van der Waals surface area contributed by atoms with Crippen LogP contribution in [0.25, 0.3) is 0 Å². The van der Waals surface area contributed by atoms with Crippen LogP contribution in [0.3, 0.4) is 0 Å². The van der Waals surface area contributed by atoms with Crippen LogP contribution in [0, 0.1) is 13.8 Å². The monoisotopic (exact) mass is 248 g/mol. The molecule has 0 N–H and O–H groups in total. The molecule has 0 aliphatic carbocycles. The zero-order chi connectivity index (χ0) is 13.8. The van der Waals surface area contributed by atoms with Crippen molar-refractivity contribution in [2.24, 2.45) is 0 Å². The van der Waals surface area contributed by atoms with Gasteiger partial charge in [0.25, 0.3) is 0 Å². The van der Waals surface area contributed by atoms with Gasteiger partial charge in [0.1, 0.15) is 5.60 Å². The quantitative estimate of drug-likeness (QED) is 0.768. The molecule has 0 saturated carbocycles. The molecule has 0 aliphatic rings. The molecule has 1 aromatic rings. The second-order valence-electron chi connectivity index (χ2n) is 5.00. The number of Topliss-reactive ketones (excluding diaryl/α,β-unsaturated/α-hetero) is 1. The van der Waals surface area contributed by atoms with Crippen molar-refractivity contribution in [2.45, 2.75) is 52.6 Å². The van der Waals surface area contributed by atoms with Crippen LogP contribution in [0.15, 0.2) is 18.2 Å². The minimum absolute atomic E-state index is 0.181. The van der Waals surface area contributed by atoms with Crippen LogP contribution in [0.1, 0.15) is 43.4 Å². The molecule has 0 radical (unpaired) electrons. The molecule has 0 spiro atoms. The van der Waals surface area contributed by atoms with Gasteiger partial charge in [-0.3, -0.25) is 4.79 Å². The lowest BCUT2D eigenvalue weighted by Crippen LogP contribution is -2.40. The Bertz CT molecular complexity index is 389. The molecule has 0 aliphatic heterocycles. The summed E-state index contributed by atoms with van der Waals surface area (Å²) in [5, 5.41) is 0. The molecule has 0 bridgehead atoms. The van der Waals surface area contributed by atoms with Crippen molar-refractivity contribution >= 4 is 5.78 Å². The molecule has 0 heterocycles. The predicted octanol–water partition coefficient (Wildman–Crippen LogP) is 3.62. The van der Waals surface area contributed by atoms with Crippen molar-refractivity contribution in [3.63, 3.8) is 0 Å². The third-order valence-electron chi connectivity index (χ3n) is 3.69. The van der Waals surface area contributed by atoms with E-state index >= 15 is 0 Å². The Kier molecular flexibility index (Phi) is 5.09. The maximum absolute atomic E-state index is 12.4. The number of methoxy groups -OCH3 is 1. The zero-order valence-corrected chi connectivity index (χ0v) is 12.2. The van der Waals surface area contributed by atoms with Crippen LogP contribution in [-0.2, 0) is 16.0 Å². The SMILES string of the molecule is CCC(CC)(OC)C(=O)Cc1cc(C)cc(C)c1. The van der Waals surface area contributed by atoms with Gasteiger partial charge in [0.2, 0.25) is 0 Å². The molecule has 1 rings (SSSR count). The number of ether oxygens (including phenoxy) is 1. The lowest BCUT2D eigenvalue weighted by molar-refractivity contribution is -0.141. The van der Waals surface area contributed by atoms with E-state index in [0.717, 1.165) is 18.4 Å². The van der Waals surface area contributed by atoms with Crippen molar-refractivity contribution in [3.8, 4) is 0 Å². The van der Waals surface area contributed by atoms with Gasteiger partial charge in [-0.25, -0.2) is 0 Å². The van der Waals surface area contributed by atoms with Gasteiger partial charge in [-0.1, -0.05) is 43.2 Å². The lowest BCUT2D eigenvalue weighted by Gasteiger charge is -2.28. The van der Waals surface area contributed by atoms with Gasteiger partial charge < -0.3 is 4.74 Å². The van der Waals surface area contributed by atoms with Crippen molar-refractivity contribution in [2.75, 3.05) is 7.11 Å². The summed E-state index contributed by atoms with van der Waals surface area (Å²) in [5.41, 5.74) is 2.88. The highest BCUT2D eigenvalue weighted by Gasteiger charge is 2.34. The van der Waals surface area contributed by atoms with Gasteiger partial charge in [-0.05, 0) is 32.3 Å². The molecule has 1 aromatic carbocycles. The Labute approximate surface area is 110 Å². The number of hydrogen-bond acceptors (Lipinski definition) is 2. The number of carbonyl (C=O) groups is 1. The molecule has 0 fully saturated rings. The fraction of sp³-hybridized carbons (Fsp3) is 0.562. The van der Waals surface area contributed by atoms with Crippen LogP contribution in [0.2, 0.25) is 0 Å². The van der Waals surface area contributed by atoms with Crippen molar-refractivity contribution < 1.29 is 9.53 Å². The fourth-order valence-electron chi connectivity index (χ4n) is 2.56. The molecule has 0 aromatic heterocycles. The van der Waals surface area contributed by atoms with E-state index in [1.165, 1.54) is 11.1 Å². The molecule has 2 nitrogen and oxygen atoms in total. The third-order valence-corrected chi connectivity index (χ3v) is 3.69. The molecule has 0 saturated heterocycles. The van der Waals surface area contributed by atoms with Crippen LogP contribution < -0.4 is 0 Å². The van der Waals surface area contributed by atoms with Gasteiger partial charge in [0.15, 0.2) is 5.78 Å². The first-order valence-electron chi connectivity index (χ1n) is 6.63. The Morgan fingerprint density at radius 3 is 2.00 bits per heavy atom. The number of ketones is 1. The van der Waals surface area contributed by atoms with Crippen molar-refractivity contribution in [1.82, 2.24) is 0 Å². The van der Waals surface area contributed by atoms with Gasteiger partial charge in [-0.15, -0.1) is 0 Å². The summed E-state index contributed by atoms with van der Waals surface area (Å²) in [6.45, 7) is 8.13. The lowest BCUT2D eigenvalue weighted by atomic mass is 9.87. The number of benzene rings is 1. The van der Waals surface area contributed by atoms with E-state index in [1.807, 2.05) is 13.8 Å². The van der Waals surface area contributed by atoms with Crippen LogP contribution in [0.5, 0.6) is 0 Å². The highest BCUT2D eigenvalue weighted by Crippen LogP contribution is 2.23. The normalized spacial score (nSPS) is 11.6. The van der Waals surface area contributed by atoms with Crippen molar-refractivity contribution in [3.05, 3.63) is 34.9 Å². The van der Waals surface area contributed by atoms with Crippen LogP contribution >= 0.6 is 0 Å². The zero-order valence-electron chi connectivity index (χ0n) is 12.2. The topological polar surface area (TPSA) is 26.3 Å². The summed E-state index contributed by atoms with van der Waals surface area (Å²) in [6.07, 6.45) is 1.91. The highest BCUT2D eigenvalue weighted by atomic mass is 16.5. The summed E-state index contributed by atoms with van der Waals surface area (Å²) >= 11 is 0. The van der Waals surface area contributed by atoms with E-state index in [1.54, 1.807) is 7.11 Å². The molecule has 0 atom stereocenters. The second-order valence-corrected chi connectivity index (χ2v) is 5.00. The van der Waals surface area contributed by atoms with Crippen molar-refractivity contribution in [1.29, 1.82) is 0 Å². The Hall–Kier alpha value is -1.15. The largest absolute Gasteiger partial charge is 0.370 e. The standard InChI is InChI=1S/C16H24O2/c1-6-16(7-2,18-5)15(17)11-14-9-12(3)8-13(4)10-14/h8-10H,6-7,11H2,1-5H3. The molecular formula is C16H24O2. The fourth-order valence-corrected chi connectivity index (χ4v) is 2.56. The summed E-state index contributed by atoms with van der Waals surface area (Å²) in [6, 6.07) is 6.28. The van der Waals surface area contributed by atoms with E-state index in [-0.39, 0.29) is 5.78 Å². The average Bonchev–Trinajstić information content (AvgIpc) is 2.30. The maximum Gasteiger partial charge on any atom is 0.168 e. The molecule has 0 unspecified atom stereocenters. The molecule has 2 heteroatoms. The maximum atomic E-state index is 12.4. The molecular weight excluding hydrogens is 224 g/mol. The molecule has 100 valence electrons. The van der Waals surface area contributed by atoms with E-state index in [4.69, 9.17) is 4.74 Å². The van der Waals surface area contributed by atoms with Crippen LogP contribution in [0.4, 0.5) is 0 Å². The number of hydrogen-bond donors (Lipinski definition) is 0. The van der Waals surface area contributed by atoms with Crippen LogP contribution in [-0.4, -0.2) is 18.5 Å². The van der Waals surface area contributed by atoms with Gasteiger partial charge >= 0.3 is 0 Å². The summed E-state index contributed by atoms with van der Waals surface area (Å²) in [4.78, 5) is 12.4. The Morgan fingerprint density at radius 2 is 1.61 bits per heavy atom. The summed E-state index contributed by atoms with van der Waals surface area (Å²) in [7, 11) is 1.63. The second kappa shape index (κ2) is 6.14. The predicted molar refractivity (Wildman–Crippen MR) is 74.9 cm³/mol. The molecule has 18 heavy (non-hydrogen) atoms. The Balaban J connectivity index is 2.92. The Morgan fingerprint density at radius 1 is 1.11 bits per heavy atom. The third kappa shape index (κ3) is 3.20. The summed E-state index contributed by atoms with van der Waals surface area (Å²) < 4.78 is 5.48. The first-order valence-corrected chi connectivity index (χ1v) is 6.63. The number of aryl methyl sites for hydroxylation is 2. The minimum atomic E-state index is -0.613. The van der Waals surface area contributed by atoms with Gasteiger partial charge in [0.05, 0.1) is 0 Å². The first kappa shape index (κ1) is 14.9. The van der Waals surface area contributed by atoms with E-state index in [0.29, 0.717) is 6.42 Å². The molecule has 0 amide bonds. The first-order chi connectivity index (χ1) is 8.47. The number of rotatable bonds is 6. The van der Waals surface area contributed by atoms with Gasteiger partial charge in [0, 0.05) is 13.5 Å². The minimum Gasteiger partial charge on any atom is -0.370 e. The van der Waals surface area contributed by atoms with Gasteiger partial charge in [-0.2, -0.15) is 0 Å². The van der Waals surface area contributed by atoms with E-state index in [2.05, 4.69) is 32.0 Å². The van der Waals surface area contributed by atoms with E-state index < -0.39 is 5.60 Å². The number of carbonyl (C=O) groups excluding carboxylic acids is 1. The highest BCUT2D eigenvalue weighted by molar-refractivity contribution is 5.89. The smallest absolute Gasteiger partial charge is 0.168 e. The van der Waals surface area contributed by atoms with E-state index in [9.17, 15) is 4.79 Å².